The summed E-state index contributed by atoms with van der Waals surface area (Å²) in [5, 5.41) is 8.21. The second-order valence-corrected chi connectivity index (χ2v) is 8.20. The summed E-state index contributed by atoms with van der Waals surface area (Å²) in [6.45, 7) is 0.237. The highest BCUT2D eigenvalue weighted by molar-refractivity contribution is 7.90. The van der Waals surface area contributed by atoms with Gasteiger partial charge in [-0.05, 0) is 29.8 Å². The van der Waals surface area contributed by atoms with Gasteiger partial charge in [-0.2, -0.15) is 5.10 Å². The number of nitrogens with one attached hydrogen (secondary N) is 1. The quantitative estimate of drug-likeness (QED) is 0.850. The van der Waals surface area contributed by atoms with Gasteiger partial charge >= 0.3 is 0 Å². The zero-order chi connectivity index (χ0) is 19.4. The third kappa shape index (κ3) is 4.59. The van der Waals surface area contributed by atoms with Crippen molar-refractivity contribution in [3.63, 3.8) is 0 Å². The molecule has 0 atom stereocenters. The van der Waals surface area contributed by atoms with Gasteiger partial charge in [-0.25, -0.2) is 13.4 Å². The van der Waals surface area contributed by atoms with Gasteiger partial charge in [-0.15, -0.1) is 0 Å². The Kier molecular flexibility index (Phi) is 5.36. The molecule has 1 aliphatic heterocycles. The van der Waals surface area contributed by atoms with Gasteiger partial charge in [-0.3, -0.25) is 9.59 Å². The minimum absolute atomic E-state index is 0.158. The third-order valence-electron chi connectivity index (χ3n) is 4.10. The molecule has 0 saturated heterocycles. The number of sulfone groups is 1. The number of hydrazone groups is 1. The predicted octanol–water partition coefficient (Wildman–Crippen LogP) is 1.89. The molecular weight excluding hydrogens is 366 g/mol. The van der Waals surface area contributed by atoms with Crippen LogP contribution in [0.2, 0.25) is 0 Å². The molecule has 0 unspecified atom stereocenters. The lowest BCUT2D eigenvalue weighted by molar-refractivity contribution is -0.119. The van der Waals surface area contributed by atoms with Crippen LogP contribution in [0.25, 0.3) is 0 Å². The Morgan fingerprint density at radius 1 is 1.07 bits per heavy atom. The molecule has 3 rings (SSSR count). The molecule has 1 heterocycles. The summed E-state index contributed by atoms with van der Waals surface area (Å²) in [5.41, 5.74) is 1.67. The molecule has 0 bridgehead atoms. The molecule has 2 amide bonds. The summed E-state index contributed by atoms with van der Waals surface area (Å²) >= 11 is 0. The van der Waals surface area contributed by atoms with Crippen molar-refractivity contribution in [2.24, 2.45) is 5.10 Å². The number of benzene rings is 2. The van der Waals surface area contributed by atoms with E-state index in [0.717, 1.165) is 11.8 Å². The van der Waals surface area contributed by atoms with E-state index in [1.807, 2.05) is 6.07 Å². The Morgan fingerprint density at radius 3 is 2.37 bits per heavy atom. The number of hydrogen-bond acceptors (Lipinski definition) is 5. The molecular formula is C19H19N3O4S. The number of hydrogen-bond donors (Lipinski definition) is 1. The number of carbonyl (C=O) groups is 2. The van der Waals surface area contributed by atoms with Crippen LogP contribution in [-0.2, 0) is 26.0 Å². The Morgan fingerprint density at radius 2 is 1.74 bits per heavy atom. The molecule has 7 nitrogen and oxygen atoms in total. The van der Waals surface area contributed by atoms with E-state index in [2.05, 4.69) is 10.4 Å². The standard InChI is InChI=1S/C19H19N3O4S/c1-27(25,26)16-9-7-14(8-10-16)13-20-19(24)17-11-12-18(23)22(21-17)15-5-3-2-4-6-15/h2-10H,11-13H2,1H3,(H,20,24). The van der Waals surface area contributed by atoms with Crippen LogP contribution in [-0.4, -0.2) is 32.2 Å². The predicted molar refractivity (Wildman–Crippen MR) is 102 cm³/mol. The first-order valence-corrected chi connectivity index (χ1v) is 10.3. The van der Waals surface area contributed by atoms with Crippen LogP contribution < -0.4 is 10.3 Å². The molecule has 0 aliphatic carbocycles. The van der Waals surface area contributed by atoms with Gasteiger partial charge < -0.3 is 5.32 Å². The molecule has 0 radical (unpaired) electrons. The highest BCUT2D eigenvalue weighted by Crippen LogP contribution is 2.19. The number of amides is 2. The first kappa shape index (κ1) is 18.8. The maximum absolute atomic E-state index is 12.4. The smallest absolute Gasteiger partial charge is 0.267 e. The fourth-order valence-corrected chi connectivity index (χ4v) is 3.26. The van der Waals surface area contributed by atoms with Crippen molar-refractivity contribution in [1.82, 2.24) is 5.32 Å². The maximum Gasteiger partial charge on any atom is 0.267 e. The van der Waals surface area contributed by atoms with Crippen LogP contribution in [0.3, 0.4) is 0 Å². The lowest BCUT2D eigenvalue weighted by Gasteiger charge is -2.23. The molecule has 1 aliphatic rings. The average molecular weight is 385 g/mol. The van der Waals surface area contributed by atoms with Gasteiger partial charge in [0.1, 0.15) is 5.71 Å². The van der Waals surface area contributed by atoms with Crippen molar-refractivity contribution >= 4 is 33.1 Å². The maximum atomic E-state index is 12.4. The molecule has 0 aromatic heterocycles. The molecule has 0 saturated carbocycles. The van der Waals surface area contributed by atoms with E-state index in [0.29, 0.717) is 5.69 Å². The fourth-order valence-electron chi connectivity index (χ4n) is 2.63. The Bertz CT molecular complexity index is 983. The van der Waals surface area contributed by atoms with Gasteiger partial charge in [0.25, 0.3) is 5.91 Å². The van der Waals surface area contributed by atoms with E-state index < -0.39 is 9.84 Å². The minimum atomic E-state index is -3.25. The number of rotatable bonds is 5. The van der Waals surface area contributed by atoms with Crippen LogP contribution in [0, 0.1) is 0 Å². The molecule has 0 spiro atoms. The Hall–Kier alpha value is -3.00. The summed E-state index contributed by atoms with van der Waals surface area (Å²) in [7, 11) is -3.25. The van der Waals surface area contributed by atoms with Crippen LogP contribution in [0.15, 0.2) is 64.6 Å². The monoisotopic (exact) mass is 385 g/mol. The van der Waals surface area contributed by atoms with Crippen molar-refractivity contribution in [3.8, 4) is 0 Å². The highest BCUT2D eigenvalue weighted by Gasteiger charge is 2.25. The van der Waals surface area contributed by atoms with E-state index in [-0.39, 0.29) is 41.8 Å². The average Bonchev–Trinajstić information content (AvgIpc) is 2.67. The summed E-state index contributed by atoms with van der Waals surface area (Å²) in [5.74, 6) is -0.510. The lowest BCUT2D eigenvalue weighted by atomic mass is 10.1. The summed E-state index contributed by atoms with van der Waals surface area (Å²) in [6.07, 6.45) is 1.63. The summed E-state index contributed by atoms with van der Waals surface area (Å²) in [6, 6.07) is 15.3. The number of para-hydroxylation sites is 1. The van der Waals surface area contributed by atoms with Gasteiger partial charge in [0.2, 0.25) is 5.91 Å². The van der Waals surface area contributed by atoms with E-state index in [4.69, 9.17) is 0 Å². The van der Waals surface area contributed by atoms with Gasteiger partial charge in [0, 0.05) is 25.6 Å². The largest absolute Gasteiger partial charge is 0.347 e. The van der Waals surface area contributed by atoms with Crippen molar-refractivity contribution in [1.29, 1.82) is 0 Å². The zero-order valence-corrected chi connectivity index (χ0v) is 15.6. The van der Waals surface area contributed by atoms with Gasteiger partial charge in [0.05, 0.1) is 10.6 Å². The first-order chi connectivity index (χ1) is 12.8. The van der Waals surface area contributed by atoms with Crippen molar-refractivity contribution in [3.05, 3.63) is 60.2 Å². The fraction of sp³-hybridized carbons (Fsp3) is 0.211. The molecule has 2 aromatic carbocycles. The normalized spacial score (nSPS) is 14.6. The summed E-state index contributed by atoms with van der Waals surface area (Å²) < 4.78 is 22.9. The topological polar surface area (TPSA) is 95.9 Å². The van der Waals surface area contributed by atoms with Gasteiger partial charge in [0.15, 0.2) is 9.84 Å². The Labute approximate surface area is 157 Å². The SMILES string of the molecule is CS(=O)(=O)c1ccc(CNC(=O)C2=NN(c3ccccc3)C(=O)CC2)cc1. The van der Waals surface area contributed by atoms with Crippen molar-refractivity contribution < 1.29 is 18.0 Å². The van der Waals surface area contributed by atoms with Crippen LogP contribution in [0.5, 0.6) is 0 Å². The second kappa shape index (κ2) is 7.71. The Balaban J connectivity index is 1.68. The number of nitrogens with zero attached hydrogens (tertiary/aromatic N) is 2. The number of anilines is 1. The molecule has 140 valence electrons. The second-order valence-electron chi connectivity index (χ2n) is 6.19. The number of carbonyl (C=O) groups excluding carboxylic acids is 2. The van der Waals surface area contributed by atoms with Crippen molar-refractivity contribution in [2.45, 2.75) is 24.3 Å². The highest BCUT2D eigenvalue weighted by atomic mass is 32.2. The first-order valence-electron chi connectivity index (χ1n) is 8.37. The summed E-state index contributed by atoms with van der Waals surface area (Å²) in [4.78, 5) is 24.7. The molecule has 2 aromatic rings. The van der Waals surface area contributed by atoms with Crippen LogP contribution >= 0.6 is 0 Å². The third-order valence-corrected chi connectivity index (χ3v) is 5.23. The van der Waals surface area contributed by atoms with Crippen molar-refractivity contribution in [2.75, 3.05) is 11.3 Å². The lowest BCUT2D eigenvalue weighted by Crippen LogP contribution is -2.38. The molecule has 1 N–H and O–H groups in total. The van der Waals surface area contributed by atoms with Crippen LogP contribution in [0.4, 0.5) is 5.69 Å². The molecule has 0 fully saturated rings. The van der Waals surface area contributed by atoms with Crippen LogP contribution in [0.1, 0.15) is 18.4 Å². The zero-order valence-electron chi connectivity index (χ0n) is 14.8. The van der Waals surface area contributed by atoms with E-state index >= 15 is 0 Å². The van der Waals surface area contributed by atoms with E-state index in [9.17, 15) is 18.0 Å². The van der Waals surface area contributed by atoms with Gasteiger partial charge in [-0.1, -0.05) is 30.3 Å². The minimum Gasteiger partial charge on any atom is -0.347 e. The molecule has 8 heteroatoms. The molecule has 27 heavy (non-hydrogen) atoms. The van der Waals surface area contributed by atoms with E-state index in [1.54, 1.807) is 36.4 Å². The van der Waals surface area contributed by atoms with E-state index in [1.165, 1.54) is 17.1 Å².